The number of nitrogens with one attached hydrogen (secondary N) is 2. The number of benzene rings is 1. The van der Waals surface area contributed by atoms with Crippen molar-refractivity contribution < 1.29 is 9.53 Å². The van der Waals surface area contributed by atoms with Crippen molar-refractivity contribution in [3.05, 3.63) is 36.2 Å². The lowest BCUT2D eigenvalue weighted by molar-refractivity contribution is 0.101. The molecule has 1 aromatic carbocycles. The van der Waals surface area contributed by atoms with Gasteiger partial charge in [0, 0.05) is 24.7 Å². The number of hydrogen-bond donors (Lipinski definition) is 2. The van der Waals surface area contributed by atoms with Gasteiger partial charge in [-0.15, -0.1) is 0 Å². The molecule has 7 heteroatoms. The van der Waals surface area contributed by atoms with Crippen molar-refractivity contribution in [3.63, 3.8) is 0 Å². The van der Waals surface area contributed by atoms with Crippen LogP contribution in [0.4, 0.5) is 5.82 Å². The maximum Gasteiger partial charge on any atom is 0.275 e. The molecule has 0 aliphatic rings. The summed E-state index contributed by atoms with van der Waals surface area (Å²) in [5.41, 5.74) is 1.26. The minimum Gasteiger partial charge on any atom is -0.497 e. The molecule has 0 unspecified atom stereocenters. The molecule has 0 spiro atoms. The molecule has 0 radical (unpaired) electrons. The van der Waals surface area contributed by atoms with Gasteiger partial charge in [0.15, 0.2) is 5.82 Å². The Morgan fingerprint density at radius 1 is 1.40 bits per heavy atom. The number of aromatic amines is 1. The number of fused-ring (bicyclic) bond motifs is 1. The Morgan fingerprint density at radius 3 is 2.95 bits per heavy atom. The van der Waals surface area contributed by atoms with Gasteiger partial charge in [-0.1, -0.05) is 0 Å². The van der Waals surface area contributed by atoms with E-state index >= 15 is 0 Å². The first kappa shape index (κ1) is 12.2. The van der Waals surface area contributed by atoms with Crippen molar-refractivity contribution >= 4 is 22.6 Å². The average Bonchev–Trinajstić information content (AvgIpc) is 3.05. The number of ether oxygens (including phenoxy) is 1. The Balaban J connectivity index is 1.92. The van der Waals surface area contributed by atoms with Crippen molar-refractivity contribution in [2.45, 2.75) is 0 Å². The highest BCUT2D eigenvalue weighted by Crippen LogP contribution is 2.24. The van der Waals surface area contributed by atoms with Gasteiger partial charge in [0.25, 0.3) is 5.91 Å². The molecule has 3 aromatic rings. The number of hydrogen-bond acceptors (Lipinski definition) is 4. The summed E-state index contributed by atoms with van der Waals surface area (Å²) in [5, 5.41) is 14.5. The van der Waals surface area contributed by atoms with Crippen molar-refractivity contribution in [3.8, 4) is 5.75 Å². The quantitative estimate of drug-likeness (QED) is 0.757. The lowest BCUT2D eigenvalue weighted by atomic mass is 10.2. The van der Waals surface area contributed by atoms with E-state index < -0.39 is 0 Å². The van der Waals surface area contributed by atoms with Crippen LogP contribution in [0.15, 0.2) is 30.5 Å². The zero-order chi connectivity index (χ0) is 14.1. The lowest BCUT2D eigenvalue weighted by Gasteiger charge is -2.03. The summed E-state index contributed by atoms with van der Waals surface area (Å²) in [5.74, 6) is 0.953. The molecule has 102 valence electrons. The third kappa shape index (κ3) is 1.99. The molecule has 2 N–H and O–H groups in total. The highest BCUT2D eigenvalue weighted by molar-refractivity contribution is 6.07. The van der Waals surface area contributed by atoms with Gasteiger partial charge in [-0.3, -0.25) is 14.6 Å². The van der Waals surface area contributed by atoms with Crippen LogP contribution in [0, 0.1) is 0 Å². The molecule has 0 atom stereocenters. The van der Waals surface area contributed by atoms with Crippen molar-refractivity contribution in [1.29, 1.82) is 0 Å². The minimum atomic E-state index is -0.255. The monoisotopic (exact) mass is 271 g/mol. The number of rotatable bonds is 3. The summed E-state index contributed by atoms with van der Waals surface area (Å²) in [6.45, 7) is 0. The maximum atomic E-state index is 12.1. The van der Waals surface area contributed by atoms with Gasteiger partial charge in [-0.05, 0) is 18.2 Å². The largest absolute Gasteiger partial charge is 0.497 e. The highest BCUT2D eigenvalue weighted by Gasteiger charge is 2.14. The Bertz CT molecular complexity index is 774. The zero-order valence-electron chi connectivity index (χ0n) is 11.0. The van der Waals surface area contributed by atoms with E-state index in [1.807, 2.05) is 18.2 Å². The number of H-pyrrole nitrogens is 1. The number of carbonyl (C=O) groups excluding carboxylic acids is 1. The maximum absolute atomic E-state index is 12.1. The molecular weight excluding hydrogens is 258 g/mol. The van der Waals surface area contributed by atoms with Crippen molar-refractivity contribution in [2.24, 2.45) is 7.05 Å². The fraction of sp³-hybridized carbons (Fsp3) is 0.154. The van der Waals surface area contributed by atoms with Gasteiger partial charge in [0.2, 0.25) is 0 Å². The average molecular weight is 271 g/mol. The second kappa shape index (κ2) is 4.69. The summed E-state index contributed by atoms with van der Waals surface area (Å²) in [7, 11) is 3.31. The number of methoxy groups -OCH3 is 1. The number of anilines is 1. The Labute approximate surface area is 114 Å². The summed E-state index contributed by atoms with van der Waals surface area (Å²) >= 11 is 0. The molecule has 0 fully saturated rings. The predicted molar refractivity (Wildman–Crippen MR) is 73.8 cm³/mol. The lowest BCUT2D eigenvalue weighted by Crippen LogP contribution is -2.16. The van der Waals surface area contributed by atoms with E-state index in [0.717, 1.165) is 16.7 Å². The minimum absolute atomic E-state index is 0.255. The molecule has 0 aliphatic heterocycles. The van der Waals surface area contributed by atoms with Crippen molar-refractivity contribution in [2.75, 3.05) is 12.4 Å². The molecule has 0 saturated heterocycles. The van der Waals surface area contributed by atoms with Crippen LogP contribution in [0.5, 0.6) is 5.75 Å². The van der Waals surface area contributed by atoms with Gasteiger partial charge in [-0.2, -0.15) is 10.2 Å². The first-order valence-corrected chi connectivity index (χ1v) is 6.00. The van der Waals surface area contributed by atoms with Crippen LogP contribution < -0.4 is 10.1 Å². The molecule has 0 saturated carbocycles. The van der Waals surface area contributed by atoms with Gasteiger partial charge >= 0.3 is 0 Å². The van der Waals surface area contributed by atoms with Crippen LogP contribution in [0.3, 0.4) is 0 Å². The molecule has 2 aromatic heterocycles. The van der Waals surface area contributed by atoms with E-state index in [1.165, 1.54) is 4.68 Å². The van der Waals surface area contributed by atoms with Crippen LogP contribution in [0.25, 0.3) is 10.9 Å². The molecule has 0 aliphatic carbocycles. The summed E-state index contributed by atoms with van der Waals surface area (Å²) in [6.07, 6.45) is 1.57. The SMILES string of the molecule is COc1ccc2c(NC(=O)c3ccnn3C)n[nH]c2c1. The standard InChI is InChI=1S/C13H13N5O2/c1-18-11(5-6-14-18)13(19)15-12-9-4-3-8(20-2)7-10(9)16-17-12/h3-7H,1-2H3,(H2,15,16,17,19). The fourth-order valence-corrected chi connectivity index (χ4v) is 1.99. The van der Waals surface area contributed by atoms with Crippen LogP contribution in [0.2, 0.25) is 0 Å². The van der Waals surface area contributed by atoms with Gasteiger partial charge < -0.3 is 10.1 Å². The number of aryl methyl sites for hydroxylation is 1. The number of carbonyl (C=O) groups is 1. The van der Waals surface area contributed by atoms with E-state index in [1.54, 1.807) is 26.4 Å². The molecule has 0 bridgehead atoms. The van der Waals surface area contributed by atoms with E-state index in [2.05, 4.69) is 20.6 Å². The van der Waals surface area contributed by atoms with Gasteiger partial charge in [0.05, 0.1) is 12.6 Å². The second-order valence-electron chi connectivity index (χ2n) is 4.28. The Kier molecular flexibility index (Phi) is 2.86. The molecule has 2 heterocycles. The normalized spacial score (nSPS) is 10.7. The predicted octanol–water partition coefficient (Wildman–Crippen LogP) is 1.56. The van der Waals surface area contributed by atoms with E-state index in [4.69, 9.17) is 4.74 Å². The molecular formula is C13H13N5O2. The second-order valence-corrected chi connectivity index (χ2v) is 4.28. The van der Waals surface area contributed by atoms with E-state index in [9.17, 15) is 4.79 Å². The number of amides is 1. The van der Waals surface area contributed by atoms with Gasteiger partial charge in [-0.25, -0.2) is 0 Å². The smallest absolute Gasteiger partial charge is 0.275 e. The van der Waals surface area contributed by atoms with E-state index in [0.29, 0.717) is 11.5 Å². The van der Waals surface area contributed by atoms with Crippen LogP contribution in [-0.4, -0.2) is 33.0 Å². The molecule has 1 amide bonds. The Morgan fingerprint density at radius 2 is 2.25 bits per heavy atom. The van der Waals surface area contributed by atoms with Crippen LogP contribution in [-0.2, 0) is 7.05 Å². The first-order valence-electron chi connectivity index (χ1n) is 6.00. The Hall–Kier alpha value is -2.83. The van der Waals surface area contributed by atoms with Crippen LogP contribution >= 0.6 is 0 Å². The first-order chi connectivity index (χ1) is 9.69. The third-order valence-corrected chi connectivity index (χ3v) is 3.06. The van der Waals surface area contributed by atoms with Crippen LogP contribution in [0.1, 0.15) is 10.5 Å². The summed E-state index contributed by atoms with van der Waals surface area (Å²) < 4.78 is 6.65. The number of nitrogens with zero attached hydrogens (tertiary/aromatic N) is 3. The van der Waals surface area contributed by atoms with Crippen molar-refractivity contribution in [1.82, 2.24) is 20.0 Å². The zero-order valence-corrected chi connectivity index (χ0v) is 11.0. The topological polar surface area (TPSA) is 84.8 Å². The molecule has 3 rings (SSSR count). The van der Waals surface area contributed by atoms with E-state index in [-0.39, 0.29) is 5.91 Å². The van der Waals surface area contributed by atoms with Gasteiger partial charge in [0.1, 0.15) is 11.4 Å². The summed E-state index contributed by atoms with van der Waals surface area (Å²) in [4.78, 5) is 12.1. The number of aromatic nitrogens is 4. The molecule has 7 nitrogen and oxygen atoms in total. The third-order valence-electron chi connectivity index (χ3n) is 3.06. The molecule has 20 heavy (non-hydrogen) atoms. The fourth-order valence-electron chi connectivity index (χ4n) is 1.99. The highest BCUT2D eigenvalue weighted by atomic mass is 16.5. The summed E-state index contributed by atoms with van der Waals surface area (Å²) in [6, 6.07) is 7.13.